The van der Waals surface area contributed by atoms with Crippen LogP contribution in [0.4, 0.5) is 0 Å². The van der Waals surface area contributed by atoms with Crippen LogP contribution in [0.2, 0.25) is 0 Å². The van der Waals surface area contributed by atoms with E-state index in [2.05, 4.69) is 11.9 Å². The van der Waals surface area contributed by atoms with E-state index in [1.165, 1.54) is 0 Å². The first-order valence-corrected chi connectivity index (χ1v) is 5.01. The highest BCUT2D eigenvalue weighted by molar-refractivity contribution is 5.28. The second kappa shape index (κ2) is 7.04. The highest BCUT2D eigenvalue weighted by Crippen LogP contribution is 2.12. The van der Waals surface area contributed by atoms with E-state index in [9.17, 15) is 0 Å². The summed E-state index contributed by atoms with van der Waals surface area (Å²) in [5.41, 5.74) is 1.14. The van der Waals surface area contributed by atoms with Crippen LogP contribution in [0.5, 0.6) is 5.75 Å². The molecule has 2 N–H and O–H groups in total. The molecular formula is C12H17NO2. The van der Waals surface area contributed by atoms with Gasteiger partial charge in [-0.15, -0.1) is 0 Å². The third kappa shape index (κ3) is 4.63. The lowest BCUT2D eigenvalue weighted by atomic mass is 10.2. The van der Waals surface area contributed by atoms with E-state index in [4.69, 9.17) is 9.84 Å². The van der Waals surface area contributed by atoms with Crippen molar-refractivity contribution in [3.05, 3.63) is 42.5 Å². The number of ether oxygens (including phenoxy) is 1. The zero-order valence-corrected chi connectivity index (χ0v) is 8.78. The summed E-state index contributed by atoms with van der Waals surface area (Å²) >= 11 is 0. The fraction of sp³-hybridized carbons (Fsp3) is 0.333. The van der Waals surface area contributed by atoms with Gasteiger partial charge in [-0.1, -0.05) is 24.8 Å². The Bertz CT molecular complexity index is 299. The first-order valence-electron chi connectivity index (χ1n) is 5.01. The summed E-state index contributed by atoms with van der Waals surface area (Å²) in [5.74, 6) is 0.846. The average molecular weight is 207 g/mol. The molecule has 3 heteroatoms. The van der Waals surface area contributed by atoms with E-state index in [0.717, 1.165) is 17.9 Å². The summed E-state index contributed by atoms with van der Waals surface area (Å²) in [6.07, 6.45) is 1.72. The number of benzene rings is 1. The Balaban J connectivity index is 2.46. The molecule has 0 aliphatic rings. The van der Waals surface area contributed by atoms with Crippen molar-refractivity contribution in [3.8, 4) is 5.75 Å². The molecule has 0 atom stereocenters. The normalized spacial score (nSPS) is 9.93. The largest absolute Gasteiger partial charge is 0.490 e. The first kappa shape index (κ1) is 11.8. The average Bonchev–Trinajstić information content (AvgIpc) is 2.27. The summed E-state index contributed by atoms with van der Waals surface area (Å²) < 4.78 is 5.41. The van der Waals surface area contributed by atoms with E-state index >= 15 is 0 Å². The minimum Gasteiger partial charge on any atom is -0.490 e. The van der Waals surface area contributed by atoms with E-state index in [1.807, 2.05) is 24.3 Å². The van der Waals surface area contributed by atoms with Crippen molar-refractivity contribution in [2.75, 3.05) is 19.8 Å². The molecular weight excluding hydrogens is 190 g/mol. The van der Waals surface area contributed by atoms with Gasteiger partial charge in [-0.25, -0.2) is 0 Å². The van der Waals surface area contributed by atoms with Crippen molar-refractivity contribution in [2.45, 2.75) is 6.54 Å². The lowest BCUT2D eigenvalue weighted by molar-refractivity contribution is 0.292. The molecule has 0 aromatic heterocycles. The first-order chi connectivity index (χ1) is 7.36. The molecule has 0 bridgehead atoms. The van der Waals surface area contributed by atoms with Gasteiger partial charge < -0.3 is 15.2 Å². The van der Waals surface area contributed by atoms with Crippen LogP contribution in [0, 0.1) is 0 Å². The molecule has 0 radical (unpaired) electrons. The SMILES string of the molecule is C=CCOc1cccc(CNCCO)c1. The van der Waals surface area contributed by atoms with Gasteiger partial charge in [-0.05, 0) is 17.7 Å². The zero-order chi connectivity index (χ0) is 10.9. The molecule has 0 fully saturated rings. The van der Waals surface area contributed by atoms with E-state index in [0.29, 0.717) is 13.2 Å². The summed E-state index contributed by atoms with van der Waals surface area (Å²) in [5, 5.41) is 11.7. The van der Waals surface area contributed by atoms with Gasteiger partial charge in [0.25, 0.3) is 0 Å². The lowest BCUT2D eigenvalue weighted by Crippen LogP contribution is -2.17. The second-order valence-corrected chi connectivity index (χ2v) is 3.15. The number of aliphatic hydroxyl groups is 1. The number of hydrogen-bond acceptors (Lipinski definition) is 3. The predicted molar refractivity (Wildman–Crippen MR) is 60.9 cm³/mol. The highest BCUT2D eigenvalue weighted by atomic mass is 16.5. The van der Waals surface area contributed by atoms with Gasteiger partial charge in [-0.2, -0.15) is 0 Å². The van der Waals surface area contributed by atoms with Crippen molar-refractivity contribution in [1.29, 1.82) is 0 Å². The molecule has 0 aliphatic heterocycles. The number of rotatable bonds is 7. The molecule has 0 spiro atoms. The monoisotopic (exact) mass is 207 g/mol. The molecule has 0 unspecified atom stereocenters. The Morgan fingerprint density at radius 1 is 1.47 bits per heavy atom. The Kier molecular flexibility index (Phi) is 5.51. The van der Waals surface area contributed by atoms with E-state index in [-0.39, 0.29) is 6.61 Å². The van der Waals surface area contributed by atoms with Crippen molar-refractivity contribution in [3.63, 3.8) is 0 Å². The molecule has 1 rings (SSSR count). The molecule has 0 saturated heterocycles. The molecule has 0 aliphatic carbocycles. The highest BCUT2D eigenvalue weighted by Gasteiger charge is 1.95. The summed E-state index contributed by atoms with van der Waals surface area (Å²) in [6, 6.07) is 7.87. The van der Waals surface area contributed by atoms with Crippen molar-refractivity contribution < 1.29 is 9.84 Å². The maximum absolute atomic E-state index is 8.62. The Morgan fingerprint density at radius 2 is 2.33 bits per heavy atom. The van der Waals surface area contributed by atoms with Crippen LogP contribution in [0.25, 0.3) is 0 Å². The molecule has 0 heterocycles. The van der Waals surface area contributed by atoms with Gasteiger partial charge in [0.2, 0.25) is 0 Å². The zero-order valence-electron chi connectivity index (χ0n) is 8.78. The fourth-order valence-electron chi connectivity index (χ4n) is 1.21. The van der Waals surface area contributed by atoms with Gasteiger partial charge in [0.15, 0.2) is 0 Å². The van der Waals surface area contributed by atoms with Crippen molar-refractivity contribution >= 4 is 0 Å². The topological polar surface area (TPSA) is 41.5 Å². The van der Waals surface area contributed by atoms with Crippen molar-refractivity contribution in [1.82, 2.24) is 5.32 Å². The maximum atomic E-state index is 8.62. The summed E-state index contributed by atoms with van der Waals surface area (Å²) in [4.78, 5) is 0. The molecule has 0 amide bonds. The van der Waals surface area contributed by atoms with Crippen LogP contribution in [0.1, 0.15) is 5.56 Å². The molecule has 3 nitrogen and oxygen atoms in total. The van der Waals surface area contributed by atoms with E-state index < -0.39 is 0 Å². The van der Waals surface area contributed by atoms with Crippen LogP contribution in [-0.4, -0.2) is 24.9 Å². The quantitative estimate of drug-likeness (QED) is 0.523. The standard InChI is InChI=1S/C12H17NO2/c1-2-8-15-12-5-3-4-11(9-12)10-13-6-7-14/h2-5,9,13-14H,1,6-8,10H2. The van der Waals surface area contributed by atoms with Crippen molar-refractivity contribution in [2.24, 2.45) is 0 Å². The number of aliphatic hydroxyl groups excluding tert-OH is 1. The molecule has 1 aromatic rings. The Morgan fingerprint density at radius 3 is 3.07 bits per heavy atom. The number of hydrogen-bond donors (Lipinski definition) is 2. The third-order valence-electron chi connectivity index (χ3n) is 1.88. The molecule has 15 heavy (non-hydrogen) atoms. The van der Waals surface area contributed by atoms with Crippen LogP contribution < -0.4 is 10.1 Å². The Labute approximate surface area is 90.4 Å². The van der Waals surface area contributed by atoms with Crippen LogP contribution in [0.15, 0.2) is 36.9 Å². The third-order valence-corrected chi connectivity index (χ3v) is 1.88. The lowest BCUT2D eigenvalue weighted by Gasteiger charge is -2.06. The molecule has 82 valence electrons. The summed E-state index contributed by atoms with van der Waals surface area (Å²) in [6.45, 7) is 5.63. The molecule has 1 aromatic carbocycles. The Hall–Kier alpha value is -1.32. The predicted octanol–water partition coefficient (Wildman–Crippen LogP) is 1.33. The smallest absolute Gasteiger partial charge is 0.120 e. The van der Waals surface area contributed by atoms with Crippen LogP contribution in [-0.2, 0) is 6.54 Å². The van der Waals surface area contributed by atoms with Crippen LogP contribution >= 0.6 is 0 Å². The fourth-order valence-corrected chi connectivity index (χ4v) is 1.21. The summed E-state index contributed by atoms with van der Waals surface area (Å²) in [7, 11) is 0. The van der Waals surface area contributed by atoms with Gasteiger partial charge in [0.1, 0.15) is 12.4 Å². The van der Waals surface area contributed by atoms with E-state index in [1.54, 1.807) is 6.08 Å². The van der Waals surface area contributed by atoms with Gasteiger partial charge in [-0.3, -0.25) is 0 Å². The van der Waals surface area contributed by atoms with Gasteiger partial charge in [0.05, 0.1) is 6.61 Å². The minimum atomic E-state index is 0.159. The minimum absolute atomic E-state index is 0.159. The molecule has 0 saturated carbocycles. The second-order valence-electron chi connectivity index (χ2n) is 3.15. The maximum Gasteiger partial charge on any atom is 0.120 e. The van der Waals surface area contributed by atoms with Crippen LogP contribution in [0.3, 0.4) is 0 Å². The van der Waals surface area contributed by atoms with Gasteiger partial charge >= 0.3 is 0 Å². The van der Waals surface area contributed by atoms with Gasteiger partial charge in [0, 0.05) is 13.1 Å². The number of nitrogens with one attached hydrogen (secondary N) is 1.